The number of amides is 1. The number of benzene rings is 1. The van der Waals surface area contributed by atoms with Crippen molar-refractivity contribution >= 4 is 11.9 Å². The number of nitrogens with zero attached hydrogens (tertiary/aromatic N) is 2. The van der Waals surface area contributed by atoms with Gasteiger partial charge in [0.1, 0.15) is 0 Å². The van der Waals surface area contributed by atoms with Crippen molar-refractivity contribution in [2.75, 3.05) is 6.54 Å². The van der Waals surface area contributed by atoms with E-state index >= 15 is 0 Å². The lowest BCUT2D eigenvalue weighted by Gasteiger charge is -2.21. The van der Waals surface area contributed by atoms with Gasteiger partial charge in [0.05, 0.1) is 23.5 Å². The zero-order valence-electron chi connectivity index (χ0n) is 11.2. The van der Waals surface area contributed by atoms with Gasteiger partial charge in [-0.2, -0.15) is 5.26 Å². The van der Waals surface area contributed by atoms with E-state index in [1.165, 1.54) is 0 Å². The summed E-state index contributed by atoms with van der Waals surface area (Å²) in [4.78, 5) is 24.7. The lowest BCUT2D eigenvalue weighted by molar-refractivity contribution is -0.142. The van der Waals surface area contributed by atoms with Gasteiger partial charge < -0.3 is 10.0 Å². The van der Waals surface area contributed by atoms with Crippen molar-refractivity contribution < 1.29 is 14.7 Å². The van der Waals surface area contributed by atoms with Crippen LogP contribution < -0.4 is 0 Å². The third kappa shape index (κ3) is 2.80. The summed E-state index contributed by atoms with van der Waals surface area (Å²) in [5.74, 6) is -1.98. The van der Waals surface area contributed by atoms with Gasteiger partial charge in [0.2, 0.25) is 5.91 Å². The van der Waals surface area contributed by atoms with E-state index in [-0.39, 0.29) is 5.91 Å². The predicted molar refractivity (Wildman–Crippen MR) is 71.5 cm³/mol. The quantitative estimate of drug-likeness (QED) is 0.883. The van der Waals surface area contributed by atoms with Crippen molar-refractivity contribution in [2.45, 2.75) is 19.9 Å². The minimum absolute atomic E-state index is 0.132. The minimum atomic E-state index is -0.906. The van der Waals surface area contributed by atoms with E-state index in [0.29, 0.717) is 25.1 Å². The summed E-state index contributed by atoms with van der Waals surface area (Å²) in [5.41, 5.74) is 1.34. The molecule has 1 fully saturated rings. The molecular weight excluding hydrogens is 256 g/mol. The molecule has 0 saturated heterocycles. The molecule has 5 heteroatoms. The Bertz CT molecular complexity index is 577. The second kappa shape index (κ2) is 5.74. The summed E-state index contributed by atoms with van der Waals surface area (Å²) in [6.07, 6.45) is 0.421. The summed E-state index contributed by atoms with van der Waals surface area (Å²) < 4.78 is 0. The van der Waals surface area contributed by atoms with Crippen LogP contribution in [-0.2, 0) is 16.1 Å². The van der Waals surface area contributed by atoms with Gasteiger partial charge in [0, 0.05) is 13.1 Å². The summed E-state index contributed by atoms with van der Waals surface area (Å²) in [7, 11) is 0. The predicted octanol–water partition coefficient (Wildman–Crippen LogP) is 1.63. The number of carboxylic acid groups (broad SMARTS) is 1. The largest absolute Gasteiger partial charge is 0.481 e. The Hall–Kier alpha value is -2.35. The van der Waals surface area contributed by atoms with E-state index in [1.807, 2.05) is 19.1 Å². The first kappa shape index (κ1) is 14.1. The Morgan fingerprint density at radius 2 is 2.10 bits per heavy atom. The standard InChI is InChI=1S/C15H16N2O3/c1-2-17(14(18)12-7-13(12)15(19)20)9-11-6-4-3-5-10(11)8-16/h3-6,12-13H,2,7,9H2,1H3,(H,19,20)/t12-,13+/m1/s1. The maximum Gasteiger partial charge on any atom is 0.307 e. The van der Waals surface area contributed by atoms with Crippen molar-refractivity contribution in [1.82, 2.24) is 4.90 Å². The highest BCUT2D eigenvalue weighted by Gasteiger charge is 2.49. The molecule has 1 aliphatic rings. The highest BCUT2D eigenvalue weighted by Crippen LogP contribution is 2.40. The van der Waals surface area contributed by atoms with Crippen molar-refractivity contribution in [3.05, 3.63) is 35.4 Å². The van der Waals surface area contributed by atoms with Gasteiger partial charge in [-0.05, 0) is 25.0 Å². The van der Waals surface area contributed by atoms with Gasteiger partial charge in [-0.1, -0.05) is 18.2 Å². The molecule has 0 unspecified atom stereocenters. The van der Waals surface area contributed by atoms with Crippen LogP contribution in [0.3, 0.4) is 0 Å². The first-order valence-electron chi connectivity index (χ1n) is 6.58. The van der Waals surface area contributed by atoms with Crippen molar-refractivity contribution in [3.8, 4) is 6.07 Å². The number of hydrogen-bond acceptors (Lipinski definition) is 3. The van der Waals surface area contributed by atoms with Gasteiger partial charge in [0.15, 0.2) is 0 Å². The van der Waals surface area contributed by atoms with Gasteiger partial charge in [-0.25, -0.2) is 0 Å². The Kier molecular flexibility index (Phi) is 4.04. The van der Waals surface area contributed by atoms with Crippen molar-refractivity contribution in [1.29, 1.82) is 5.26 Å². The molecule has 0 bridgehead atoms. The average Bonchev–Trinajstić information content (AvgIpc) is 3.25. The topological polar surface area (TPSA) is 81.4 Å². The second-order valence-electron chi connectivity index (χ2n) is 4.91. The molecular formula is C15H16N2O3. The summed E-state index contributed by atoms with van der Waals surface area (Å²) >= 11 is 0. The summed E-state index contributed by atoms with van der Waals surface area (Å²) in [5, 5.41) is 17.9. The van der Waals surface area contributed by atoms with Gasteiger partial charge in [0.25, 0.3) is 0 Å². The Labute approximate surface area is 117 Å². The third-order valence-electron chi connectivity index (χ3n) is 3.62. The fourth-order valence-corrected chi connectivity index (χ4v) is 2.29. The number of carbonyl (C=O) groups excluding carboxylic acids is 1. The van der Waals surface area contributed by atoms with Crippen LogP contribution in [0, 0.1) is 23.2 Å². The monoisotopic (exact) mass is 272 g/mol. The fourth-order valence-electron chi connectivity index (χ4n) is 2.29. The first-order valence-corrected chi connectivity index (χ1v) is 6.58. The number of aliphatic carboxylic acids is 1. The van der Waals surface area contributed by atoms with Crippen molar-refractivity contribution in [2.24, 2.45) is 11.8 Å². The fraction of sp³-hybridized carbons (Fsp3) is 0.400. The minimum Gasteiger partial charge on any atom is -0.481 e. The maximum atomic E-state index is 12.2. The van der Waals surface area contributed by atoms with Crippen LogP contribution >= 0.6 is 0 Å². The van der Waals surface area contributed by atoms with E-state index in [1.54, 1.807) is 17.0 Å². The molecule has 2 atom stereocenters. The molecule has 1 N–H and O–H groups in total. The smallest absolute Gasteiger partial charge is 0.307 e. The molecule has 0 aromatic heterocycles. The average molecular weight is 272 g/mol. The Morgan fingerprint density at radius 1 is 1.40 bits per heavy atom. The van der Waals surface area contributed by atoms with Crippen LogP contribution in [0.2, 0.25) is 0 Å². The number of nitriles is 1. The van der Waals surface area contributed by atoms with E-state index in [2.05, 4.69) is 6.07 Å². The van der Waals surface area contributed by atoms with Crippen LogP contribution in [0.15, 0.2) is 24.3 Å². The zero-order chi connectivity index (χ0) is 14.7. The molecule has 0 heterocycles. The van der Waals surface area contributed by atoms with Crippen LogP contribution in [0.25, 0.3) is 0 Å². The van der Waals surface area contributed by atoms with E-state index in [4.69, 9.17) is 10.4 Å². The third-order valence-corrected chi connectivity index (χ3v) is 3.62. The molecule has 1 amide bonds. The number of carboxylic acids is 1. The molecule has 0 spiro atoms. The van der Waals surface area contributed by atoms with Crippen molar-refractivity contribution in [3.63, 3.8) is 0 Å². The molecule has 1 aromatic rings. The molecule has 1 aliphatic carbocycles. The number of rotatable bonds is 5. The maximum absolute atomic E-state index is 12.2. The van der Waals surface area contributed by atoms with Crippen LogP contribution in [0.4, 0.5) is 0 Å². The number of hydrogen-bond donors (Lipinski definition) is 1. The number of carbonyl (C=O) groups is 2. The van der Waals surface area contributed by atoms with Crippen LogP contribution in [0.5, 0.6) is 0 Å². The highest BCUT2D eigenvalue weighted by molar-refractivity contribution is 5.89. The Balaban J connectivity index is 2.08. The molecule has 1 aromatic carbocycles. The highest BCUT2D eigenvalue weighted by atomic mass is 16.4. The van der Waals surface area contributed by atoms with E-state index in [0.717, 1.165) is 5.56 Å². The van der Waals surface area contributed by atoms with Gasteiger partial charge in [-0.3, -0.25) is 9.59 Å². The SMILES string of the molecule is CCN(Cc1ccccc1C#N)C(=O)[C@@H]1C[C@@H]1C(=O)O. The van der Waals surface area contributed by atoms with Crippen LogP contribution in [-0.4, -0.2) is 28.4 Å². The Morgan fingerprint density at radius 3 is 2.65 bits per heavy atom. The summed E-state index contributed by atoms with van der Waals surface area (Å²) in [6, 6.07) is 9.24. The van der Waals surface area contributed by atoms with E-state index < -0.39 is 17.8 Å². The van der Waals surface area contributed by atoms with Gasteiger partial charge in [-0.15, -0.1) is 0 Å². The molecule has 5 nitrogen and oxygen atoms in total. The summed E-state index contributed by atoms with van der Waals surface area (Å²) in [6.45, 7) is 2.70. The molecule has 104 valence electrons. The molecule has 0 radical (unpaired) electrons. The van der Waals surface area contributed by atoms with E-state index in [9.17, 15) is 9.59 Å². The molecule has 1 saturated carbocycles. The lowest BCUT2D eigenvalue weighted by Crippen LogP contribution is -2.32. The molecule has 0 aliphatic heterocycles. The molecule has 20 heavy (non-hydrogen) atoms. The van der Waals surface area contributed by atoms with Crippen LogP contribution in [0.1, 0.15) is 24.5 Å². The molecule has 2 rings (SSSR count). The zero-order valence-corrected chi connectivity index (χ0v) is 11.2. The lowest BCUT2D eigenvalue weighted by atomic mass is 10.1. The first-order chi connectivity index (χ1) is 9.58. The normalized spacial score (nSPS) is 20.0. The van der Waals surface area contributed by atoms with Gasteiger partial charge >= 0.3 is 5.97 Å². The second-order valence-corrected chi connectivity index (χ2v) is 4.91.